The van der Waals surface area contributed by atoms with E-state index in [0.29, 0.717) is 0 Å². The third-order valence-corrected chi connectivity index (χ3v) is 3.30. The molecule has 0 saturated carbocycles. The van der Waals surface area contributed by atoms with E-state index in [-0.39, 0.29) is 0 Å². The van der Waals surface area contributed by atoms with Gasteiger partial charge in [-0.1, -0.05) is 15.9 Å². The lowest BCUT2D eigenvalue weighted by atomic mass is 10.2. The second-order valence-electron chi connectivity index (χ2n) is 3.96. The lowest BCUT2D eigenvalue weighted by Crippen LogP contribution is -2.11. The summed E-state index contributed by atoms with van der Waals surface area (Å²) >= 11 is 3.41. The molecule has 0 unspecified atom stereocenters. The highest BCUT2D eigenvalue weighted by molar-refractivity contribution is 9.10. The Hall–Kier alpha value is -1.68. The molecule has 0 amide bonds. The topological polar surface area (TPSA) is 38.5 Å². The highest BCUT2D eigenvalue weighted by Crippen LogP contribution is 2.31. The second kappa shape index (κ2) is 5.31. The summed E-state index contributed by atoms with van der Waals surface area (Å²) in [5, 5.41) is 0. The van der Waals surface area contributed by atoms with Gasteiger partial charge in [0, 0.05) is 17.2 Å². The summed E-state index contributed by atoms with van der Waals surface area (Å²) in [6, 6.07) is 13.7. The summed E-state index contributed by atoms with van der Waals surface area (Å²) in [4.78, 5) is 2.04. The predicted molar refractivity (Wildman–Crippen MR) is 79.6 cm³/mol. The monoisotopic (exact) mass is 306 g/mol. The minimum Gasteiger partial charge on any atom is -0.497 e. The number of methoxy groups -OCH3 is 1. The molecule has 0 aliphatic heterocycles. The third-order valence-electron chi connectivity index (χ3n) is 2.81. The van der Waals surface area contributed by atoms with Crippen molar-refractivity contribution in [2.45, 2.75) is 0 Å². The molecule has 4 heteroatoms. The van der Waals surface area contributed by atoms with Gasteiger partial charge >= 0.3 is 0 Å². The van der Waals surface area contributed by atoms with E-state index in [1.165, 1.54) is 0 Å². The van der Waals surface area contributed by atoms with Crippen LogP contribution in [-0.4, -0.2) is 14.2 Å². The molecule has 0 spiro atoms. The van der Waals surface area contributed by atoms with Crippen molar-refractivity contribution in [3.63, 3.8) is 0 Å². The largest absolute Gasteiger partial charge is 0.497 e. The third kappa shape index (κ3) is 2.59. The average Bonchev–Trinajstić information content (AvgIpc) is 2.38. The highest BCUT2D eigenvalue weighted by atomic mass is 79.9. The zero-order valence-electron chi connectivity index (χ0n) is 10.4. The van der Waals surface area contributed by atoms with Crippen LogP contribution in [0.2, 0.25) is 0 Å². The minimum absolute atomic E-state index is 0.739. The maximum Gasteiger partial charge on any atom is 0.119 e. The number of nitrogens with two attached hydrogens (primary N) is 1. The van der Waals surface area contributed by atoms with Gasteiger partial charge in [-0.15, -0.1) is 0 Å². The maximum atomic E-state index is 6.02. The number of anilines is 3. The van der Waals surface area contributed by atoms with Crippen LogP contribution in [0.4, 0.5) is 17.1 Å². The van der Waals surface area contributed by atoms with E-state index >= 15 is 0 Å². The summed E-state index contributed by atoms with van der Waals surface area (Å²) in [7, 11) is 3.65. The van der Waals surface area contributed by atoms with Gasteiger partial charge in [-0.2, -0.15) is 0 Å². The van der Waals surface area contributed by atoms with Crippen LogP contribution in [-0.2, 0) is 0 Å². The number of benzene rings is 2. The van der Waals surface area contributed by atoms with Crippen molar-refractivity contribution in [3.05, 3.63) is 46.9 Å². The smallest absolute Gasteiger partial charge is 0.119 e. The molecule has 0 aromatic heterocycles. The zero-order chi connectivity index (χ0) is 13.1. The first-order valence-electron chi connectivity index (χ1n) is 5.54. The second-order valence-corrected chi connectivity index (χ2v) is 4.88. The molecule has 2 aromatic carbocycles. The fourth-order valence-corrected chi connectivity index (χ4v) is 2.15. The van der Waals surface area contributed by atoms with E-state index in [9.17, 15) is 0 Å². The Morgan fingerprint density at radius 2 is 1.78 bits per heavy atom. The van der Waals surface area contributed by atoms with Crippen molar-refractivity contribution in [1.82, 2.24) is 0 Å². The first-order chi connectivity index (χ1) is 8.61. The highest BCUT2D eigenvalue weighted by Gasteiger charge is 2.07. The Morgan fingerprint density at radius 3 is 2.33 bits per heavy atom. The molecule has 3 nitrogen and oxygen atoms in total. The minimum atomic E-state index is 0.739. The lowest BCUT2D eigenvalue weighted by Gasteiger charge is -2.21. The number of nitrogen functional groups attached to an aromatic ring is 1. The van der Waals surface area contributed by atoms with Gasteiger partial charge in [0.15, 0.2) is 0 Å². The molecule has 0 aliphatic carbocycles. The number of rotatable bonds is 3. The maximum absolute atomic E-state index is 6.02. The van der Waals surface area contributed by atoms with Crippen molar-refractivity contribution in [2.24, 2.45) is 0 Å². The first-order valence-corrected chi connectivity index (χ1v) is 6.34. The van der Waals surface area contributed by atoms with E-state index in [1.54, 1.807) is 7.11 Å². The Bertz CT molecular complexity index is 540. The normalized spacial score (nSPS) is 10.2. The summed E-state index contributed by atoms with van der Waals surface area (Å²) in [5.41, 5.74) is 8.79. The summed E-state index contributed by atoms with van der Waals surface area (Å²) < 4.78 is 6.12. The Morgan fingerprint density at radius 1 is 1.11 bits per heavy atom. The number of ether oxygens (including phenoxy) is 1. The van der Waals surface area contributed by atoms with Crippen LogP contribution < -0.4 is 15.4 Å². The summed E-state index contributed by atoms with van der Waals surface area (Å²) in [6.07, 6.45) is 0. The molecular weight excluding hydrogens is 292 g/mol. The molecule has 0 aliphatic rings. The molecule has 94 valence electrons. The average molecular weight is 307 g/mol. The number of halogens is 1. The molecule has 2 aromatic rings. The molecule has 2 rings (SSSR count). The van der Waals surface area contributed by atoms with Crippen LogP contribution >= 0.6 is 15.9 Å². The first kappa shape index (κ1) is 12.8. The van der Waals surface area contributed by atoms with Crippen LogP contribution in [0.5, 0.6) is 5.75 Å². The Kier molecular flexibility index (Phi) is 3.77. The molecule has 0 bridgehead atoms. The molecule has 18 heavy (non-hydrogen) atoms. The Balaban J connectivity index is 2.31. The van der Waals surface area contributed by atoms with Gasteiger partial charge in [-0.3, -0.25) is 0 Å². The fraction of sp³-hybridized carbons (Fsp3) is 0.143. The van der Waals surface area contributed by atoms with E-state index in [2.05, 4.69) is 15.9 Å². The van der Waals surface area contributed by atoms with Crippen molar-refractivity contribution >= 4 is 33.0 Å². The number of hydrogen-bond acceptors (Lipinski definition) is 3. The van der Waals surface area contributed by atoms with Crippen molar-refractivity contribution in [3.8, 4) is 5.75 Å². The van der Waals surface area contributed by atoms with E-state index in [0.717, 1.165) is 27.3 Å². The quantitative estimate of drug-likeness (QED) is 0.876. The molecular formula is C14H15BrN2O. The fourth-order valence-electron chi connectivity index (χ4n) is 1.78. The van der Waals surface area contributed by atoms with Crippen LogP contribution in [0.3, 0.4) is 0 Å². The van der Waals surface area contributed by atoms with Gasteiger partial charge in [0.2, 0.25) is 0 Å². The lowest BCUT2D eigenvalue weighted by molar-refractivity contribution is 0.415. The summed E-state index contributed by atoms with van der Waals surface area (Å²) in [6.45, 7) is 0. The van der Waals surface area contributed by atoms with Gasteiger partial charge in [0.05, 0.1) is 18.5 Å². The molecule has 0 fully saturated rings. The number of hydrogen-bond donors (Lipinski definition) is 1. The SMILES string of the molecule is COc1ccc(N(C)c2ccc(Br)cc2N)cc1. The predicted octanol–water partition coefficient (Wildman–Crippen LogP) is 3.81. The van der Waals surface area contributed by atoms with Gasteiger partial charge in [0.1, 0.15) is 5.75 Å². The van der Waals surface area contributed by atoms with Crippen molar-refractivity contribution < 1.29 is 4.74 Å². The van der Waals surface area contributed by atoms with Crippen LogP contribution in [0, 0.1) is 0 Å². The van der Waals surface area contributed by atoms with Crippen LogP contribution in [0.25, 0.3) is 0 Å². The van der Waals surface area contributed by atoms with E-state index in [1.807, 2.05) is 54.4 Å². The van der Waals surface area contributed by atoms with Crippen LogP contribution in [0.1, 0.15) is 0 Å². The van der Waals surface area contributed by atoms with Gasteiger partial charge in [-0.25, -0.2) is 0 Å². The summed E-state index contributed by atoms with van der Waals surface area (Å²) in [5.74, 6) is 0.843. The number of nitrogens with zero attached hydrogens (tertiary/aromatic N) is 1. The standard InChI is InChI=1S/C14H15BrN2O/c1-17(11-4-6-12(18-2)7-5-11)14-8-3-10(15)9-13(14)16/h3-9H,16H2,1-2H3. The molecule has 0 heterocycles. The van der Waals surface area contributed by atoms with Crippen molar-refractivity contribution in [2.75, 3.05) is 24.8 Å². The molecule has 2 N–H and O–H groups in total. The zero-order valence-corrected chi connectivity index (χ0v) is 11.9. The molecule has 0 radical (unpaired) electrons. The van der Waals surface area contributed by atoms with E-state index in [4.69, 9.17) is 10.5 Å². The van der Waals surface area contributed by atoms with Crippen LogP contribution in [0.15, 0.2) is 46.9 Å². The van der Waals surface area contributed by atoms with Gasteiger partial charge in [0.25, 0.3) is 0 Å². The van der Waals surface area contributed by atoms with E-state index < -0.39 is 0 Å². The van der Waals surface area contributed by atoms with Gasteiger partial charge < -0.3 is 15.4 Å². The Labute approximate surface area is 115 Å². The van der Waals surface area contributed by atoms with Gasteiger partial charge in [-0.05, 0) is 42.5 Å². The molecule has 0 saturated heterocycles. The van der Waals surface area contributed by atoms with Crippen molar-refractivity contribution in [1.29, 1.82) is 0 Å². The molecule has 0 atom stereocenters.